The lowest BCUT2D eigenvalue weighted by molar-refractivity contribution is -0.113. The van der Waals surface area contributed by atoms with Gasteiger partial charge in [-0.2, -0.15) is 0 Å². The standard InChI is InChI=1S/C25H20ClNO6S/c1-15(24(29)16-5-4-6-17(26)11-16)33-25(30)19-7-2-3-8-22(19)34-13-23(28)27-18-9-10-20-21(12-18)32-14-31-20/h2-12,15H,13-14H2,1H3,(H,27,28). The molecule has 3 aromatic carbocycles. The number of benzene rings is 3. The maximum atomic E-state index is 12.8. The fourth-order valence-electron chi connectivity index (χ4n) is 3.23. The van der Waals surface area contributed by atoms with Gasteiger partial charge in [0.2, 0.25) is 18.5 Å². The van der Waals surface area contributed by atoms with Crippen LogP contribution < -0.4 is 14.8 Å². The predicted molar refractivity (Wildman–Crippen MR) is 129 cm³/mol. The molecule has 1 aliphatic heterocycles. The van der Waals surface area contributed by atoms with E-state index >= 15 is 0 Å². The first-order valence-corrected chi connectivity index (χ1v) is 11.7. The predicted octanol–water partition coefficient (Wildman–Crippen LogP) is 5.23. The third-order valence-electron chi connectivity index (χ3n) is 4.88. The van der Waals surface area contributed by atoms with E-state index in [1.54, 1.807) is 60.7 Å². The van der Waals surface area contributed by atoms with E-state index in [1.165, 1.54) is 24.8 Å². The van der Waals surface area contributed by atoms with Crippen LogP contribution in [0.2, 0.25) is 5.02 Å². The number of ether oxygens (including phenoxy) is 3. The molecule has 0 fully saturated rings. The molecule has 1 atom stereocenters. The molecule has 3 aromatic rings. The molecule has 1 unspecified atom stereocenters. The van der Waals surface area contributed by atoms with Crippen molar-refractivity contribution in [3.63, 3.8) is 0 Å². The summed E-state index contributed by atoms with van der Waals surface area (Å²) in [4.78, 5) is 38.4. The molecule has 1 N–H and O–H groups in total. The normalized spacial score (nSPS) is 12.6. The highest BCUT2D eigenvalue weighted by molar-refractivity contribution is 8.00. The van der Waals surface area contributed by atoms with Gasteiger partial charge in [-0.3, -0.25) is 9.59 Å². The number of carbonyl (C=O) groups excluding carboxylic acids is 3. The Balaban J connectivity index is 1.36. The Hall–Kier alpha value is -3.49. The van der Waals surface area contributed by atoms with Gasteiger partial charge in [-0.15, -0.1) is 11.8 Å². The highest BCUT2D eigenvalue weighted by Gasteiger charge is 2.22. The summed E-state index contributed by atoms with van der Waals surface area (Å²) in [5.41, 5.74) is 1.21. The number of esters is 1. The number of anilines is 1. The molecule has 1 amide bonds. The zero-order chi connectivity index (χ0) is 24.1. The van der Waals surface area contributed by atoms with E-state index in [0.717, 1.165) is 0 Å². The van der Waals surface area contributed by atoms with Crippen LogP contribution in [0.3, 0.4) is 0 Å². The Kier molecular flexibility index (Phi) is 7.40. The van der Waals surface area contributed by atoms with E-state index in [9.17, 15) is 14.4 Å². The third kappa shape index (κ3) is 5.70. The summed E-state index contributed by atoms with van der Waals surface area (Å²) in [7, 11) is 0. The Morgan fingerprint density at radius 3 is 2.65 bits per heavy atom. The van der Waals surface area contributed by atoms with E-state index in [4.69, 9.17) is 25.8 Å². The minimum absolute atomic E-state index is 0.0652. The van der Waals surface area contributed by atoms with E-state index < -0.39 is 12.1 Å². The third-order valence-corrected chi connectivity index (χ3v) is 6.19. The minimum atomic E-state index is -1.00. The van der Waals surface area contributed by atoms with Crippen LogP contribution in [0.1, 0.15) is 27.6 Å². The molecule has 0 saturated carbocycles. The van der Waals surface area contributed by atoms with Gasteiger partial charge in [0.15, 0.2) is 17.6 Å². The van der Waals surface area contributed by atoms with Gasteiger partial charge in [0.25, 0.3) is 0 Å². The van der Waals surface area contributed by atoms with Crippen molar-refractivity contribution in [2.45, 2.75) is 17.9 Å². The molecule has 1 aliphatic rings. The molecule has 0 aliphatic carbocycles. The molecular weight excluding hydrogens is 478 g/mol. The molecule has 0 spiro atoms. The summed E-state index contributed by atoms with van der Waals surface area (Å²) in [5.74, 6) is 0.00100. The first-order valence-electron chi connectivity index (χ1n) is 10.3. The van der Waals surface area contributed by atoms with Crippen LogP contribution in [0.5, 0.6) is 11.5 Å². The van der Waals surface area contributed by atoms with Gasteiger partial charge < -0.3 is 19.5 Å². The number of thioether (sulfide) groups is 1. The second-order valence-electron chi connectivity index (χ2n) is 7.32. The highest BCUT2D eigenvalue weighted by atomic mass is 35.5. The van der Waals surface area contributed by atoms with Crippen LogP contribution in [0, 0.1) is 0 Å². The van der Waals surface area contributed by atoms with Gasteiger partial charge in [-0.1, -0.05) is 35.9 Å². The number of rotatable bonds is 8. The van der Waals surface area contributed by atoms with Crippen molar-refractivity contribution in [1.29, 1.82) is 0 Å². The maximum absolute atomic E-state index is 12.8. The van der Waals surface area contributed by atoms with Gasteiger partial charge in [0, 0.05) is 27.2 Å². The number of fused-ring (bicyclic) bond motifs is 1. The van der Waals surface area contributed by atoms with Crippen molar-refractivity contribution in [2.24, 2.45) is 0 Å². The average Bonchev–Trinajstić information content (AvgIpc) is 3.30. The molecule has 1 heterocycles. The zero-order valence-electron chi connectivity index (χ0n) is 18.1. The molecule has 7 nitrogen and oxygen atoms in total. The molecule has 0 saturated heterocycles. The SMILES string of the molecule is CC(OC(=O)c1ccccc1SCC(=O)Nc1ccc2c(c1)OCO2)C(=O)c1cccc(Cl)c1. The van der Waals surface area contributed by atoms with E-state index in [0.29, 0.717) is 32.7 Å². The fourth-order valence-corrected chi connectivity index (χ4v) is 4.26. The molecule has 9 heteroatoms. The van der Waals surface area contributed by atoms with Crippen LogP contribution in [-0.4, -0.2) is 36.3 Å². The average molecular weight is 498 g/mol. The van der Waals surface area contributed by atoms with Gasteiger partial charge in [-0.25, -0.2) is 4.79 Å². The first-order chi connectivity index (χ1) is 16.4. The summed E-state index contributed by atoms with van der Waals surface area (Å²) in [6.07, 6.45) is -1.00. The molecule has 0 bridgehead atoms. The Morgan fingerprint density at radius 1 is 1.03 bits per heavy atom. The number of hydrogen-bond acceptors (Lipinski definition) is 7. The second-order valence-corrected chi connectivity index (χ2v) is 8.78. The zero-order valence-corrected chi connectivity index (χ0v) is 19.7. The molecule has 34 heavy (non-hydrogen) atoms. The summed E-state index contributed by atoms with van der Waals surface area (Å²) >= 11 is 7.14. The lowest BCUT2D eigenvalue weighted by Crippen LogP contribution is -2.24. The molecule has 0 aromatic heterocycles. The molecular formula is C25H20ClNO6S. The van der Waals surface area contributed by atoms with Gasteiger partial charge in [-0.05, 0) is 43.3 Å². The lowest BCUT2D eigenvalue weighted by Gasteiger charge is -2.14. The van der Waals surface area contributed by atoms with Gasteiger partial charge >= 0.3 is 5.97 Å². The van der Waals surface area contributed by atoms with Crippen LogP contribution >= 0.6 is 23.4 Å². The summed E-state index contributed by atoms with van der Waals surface area (Å²) in [6.45, 7) is 1.66. The number of halogens is 1. The second kappa shape index (κ2) is 10.6. The van der Waals surface area contributed by atoms with Gasteiger partial charge in [0.1, 0.15) is 0 Å². The molecule has 0 radical (unpaired) electrons. The Labute approximate surface area is 205 Å². The number of Topliss-reactive ketones (excluding diaryl/α,β-unsaturated/α-hetero) is 1. The van der Waals surface area contributed by atoms with Crippen molar-refractivity contribution in [3.8, 4) is 11.5 Å². The van der Waals surface area contributed by atoms with Crippen molar-refractivity contribution >= 4 is 46.7 Å². The topological polar surface area (TPSA) is 90.9 Å². The quantitative estimate of drug-likeness (QED) is 0.259. The van der Waals surface area contributed by atoms with E-state index in [-0.39, 0.29) is 29.8 Å². The Bertz CT molecular complexity index is 1250. The monoisotopic (exact) mass is 497 g/mol. The van der Waals surface area contributed by atoms with Gasteiger partial charge in [0.05, 0.1) is 11.3 Å². The smallest absolute Gasteiger partial charge is 0.339 e. The number of hydrogen-bond donors (Lipinski definition) is 1. The first kappa shape index (κ1) is 23.7. The van der Waals surface area contributed by atoms with Crippen molar-refractivity contribution < 1.29 is 28.6 Å². The summed E-state index contributed by atoms with van der Waals surface area (Å²) < 4.78 is 16.0. The number of carbonyl (C=O) groups is 3. The number of nitrogens with one attached hydrogen (secondary N) is 1. The van der Waals surface area contributed by atoms with Crippen LogP contribution in [0.4, 0.5) is 5.69 Å². The van der Waals surface area contributed by atoms with Crippen LogP contribution in [0.25, 0.3) is 0 Å². The van der Waals surface area contributed by atoms with E-state index in [1.807, 2.05) is 0 Å². The number of amides is 1. The maximum Gasteiger partial charge on any atom is 0.339 e. The molecule has 4 rings (SSSR count). The molecule has 174 valence electrons. The highest BCUT2D eigenvalue weighted by Crippen LogP contribution is 2.34. The lowest BCUT2D eigenvalue weighted by atomic mass is 10.1. The van der Waals surface area contributed by atoms with Crippen LogP contribution in [0.15, 0.2) is 71.6 Å². The number of ketones is 1. The van der Waals surface area contributed by atoms with Crippen molar-refractivity contribution in [1.82, 2.24) is 0 Å². The Morgan fingerprint density at radius 2 is 1.82 bits per heavy atom. The van der Waals surface area contributed by atoms with E-state index in [2.05, 4.69) is 5.32 Å². The summed E-state index contributed by atoms with van der Waals surface area (Å²) in [6, 6.07) is 18.4. The van der Waals surface area contributed by atoms with Crippen molar-refractivity contribution in [3.05, 3.63) is 82.9 Å². The fraction of sp³-hybridized carbons (Fsp3) is 0.160. The minimum Gasteiger partial charge on any atom is -0.454 e. The van der Waals surface area contributed by atoms with Crippen LogP contribution in [-0.2, 0) is 9.53 Å². The van der Waals surface area contributed by atoms with Crippen molar-refractivity contribution in [2.75, 3.05) is 17.9 Å². The summed E-state index contributed by atoms with van der Waals surface area (Å²) in [5, 5.41) is 3.21. The largest absolute Gasteiger partial charge is 0.454 e.